The number of amides is 1. The molecule has 1 unspecified atom stereocenters. The van der Waals surface area contributed by atoms with Crippen molar-refractivity contribution in [2.75, 3.05) is 13.2 Å². The second kappa shape index (κ2) is 1.78. The second-order valence-corrected chi connectivity index (χ2v) is 4.18. The van der Waals surface area contributed by atoms with Crippen LogP contribution >= 0.6 is 0 Å². The summed E-state index contributed by atoms with van der Waals surface area (Å²) in [4.78, 5) is 10.8. The van der Waals surface area contributed by atoms with E-state index in [0.717, 1.165) is 6.61 Å². The highest BCUT2D eigenvalue weighted by Crippen LogP contribution is 2.43. The van der Waals surface area contributed by atoms with Crippen molar-refractivity contribution in [2.45, 2.75) is 25.8 Å². The fourth-order valence-corrected chi connectivity index (χ4v) is 1.83. The number of β-lactam (4-membered cyclic amide) rings is 1. The molecule has 3 nitrogen and oxygen atoms in total. The third-order valence-corrected chi connectivity index (χ3v) is 2.95. The maximum atomic E-state index is 10.8. The van der Waals surface area contributed by atoms with Gasteiger partial charge >= 0.3 is 0 Å². The van der Waals surface area contributed by atoms with Crippen molar-refractivity contribution in [3.63, 3.8) is 0 Å². The maximum Gasteiger partial charge on any atom is 0.223 e. The lowest BCUT2D eigenvalue weighted by atomic mass is 9.68. The van der Waals surface area contributed by atoms with Gasteiger partial charge in [0.1, 0.15) is 0 Å². The molecular weight excluding hydrogens is 142 g/mol. The molecule has 2 aliphatic rings. The van der Waals surface area contributed by atoms with Crippen LogP contribution in [0.1, 0.15) is 20.3 Å². The van der Waals surface area contributed by atoms with Crippen LogP contribution in [-0.2, 0) is 9.53 Å². The van der Waals surface area contributed by atoms with E-state index in [4.69, 9.17) is 4.74 Å². The lowest BCUT2D eigenvalue weighted by molar-refractivity contribution is -0.136. The van der Waals surface area contributed by atoms with Crippen LogP contribution in [0, 0.1) is 5.41 Å². The first-order chi connectivity index (χ1) is 5.06. The summed E-state index contributed by atoms with van der Waals surface area (Å²) in [6, 6.07) is 0. The number of ether oxygens (including phenoxy) is 1. The van der Waals surface area contributed by atoms with Crippen LogP contribution in [0.2, 0.25) is 0 Å². The van der Waals surface area contributed by atoms with Crippen LogP contribution < -0.4 is 5.32 Å². The number of hydrogen-bond donors (Lipinski definition) is 1. The summed E-state index contributed by atoms with van der Waals surface area (Å²) in [6.07, 6.45) is 0.639. The highest BCUT2D eigenvalue weighted by atomic mass is 16.5. The summed E-state index contributed by atoms with van der Waals surface area (Å²) >= 11 is 0. The SMILES string of the molecule is CC1(C)COCC12CC(=O)N2. The predicted octanol–water partition coefficient (Wildman–Crippen LogP) is 0.301. The van der Waals surface area contributed by atoms with Crippen LogP contribution in [0.15, 0.2) is 0 Å². The van der Waals surface area contributed by atoms with Gasteiger partial charge in [-0.2, -0.15) is 0 Å². The molecule has 2 rings (SSSR count). The summed E-state index contributed by atoms with van der Waals surface area (Å²) in [6.45, 7) is 5.72. The molecule has 2 fully saturated rings. The van der Waals surface area contributed by atoms with Crippen LogP contribution in [0.3, 0.4) is 0 Å². The summed E-state index contributed by atoms with van der Waals surface area (Å²) < 4.78 is 5.35. The van der Waals surface area contributed by atoms with Crippen molar-refractivity contribution < 1.29 is 9.53 Å². The molecule has 1 amide bonds. The van der Waals surface area contributed by atoms with Gasteiger partial charge in [-0.05, 0) is 0 Å². The van der Waals surface area contributed by atoms with E-state index in [9.17, 15) is 4.79 Å². The predicted molar refractivity (Wildman–Crippen MR) is 40.1 cm³/mol. The van der Waals surface area contributed by atoms with E-state index in [-0.39, 0.29) is 16.9 Å². The van der Waals surface area contributed by atoms with Gasteiger partial charge in [0.2, 0.25) is 5.91 Å². The molecule has 2 saturated heterocycles. The smallest absolute Gasteiger partial charge is 0.223 e. The minimum atomic E-state index is -0.0376. The number of nitrogens with one attached hydrogen (secondary N) is 1. The van der Waals surface area contributed by atoms with Crippen molar-refractivity contribution in [2.24, 2.45) is 5.41 Å². The van der Waals surface area contributed by atoms with E-state index in [1.54, 1.807) is 0 Å². The Labute approximate surface area is 66.1 Å². The van der Waals surface area contributed by atoms with Gasteiger partial charge in [0.15, 0.2) is 0 Å². The van der Waals surface area contributed by atoms with Gasteiger partial charge < -0.3 is 10.1 Å². The highest BCUT2D eigenvalue weighted by Gasteiger charge is 2.57. The first kappa shape index (κ1) is 7.10. The molecule has 11 heavy (non-hydrogen) atoms. The van der Waals surface area contributed by atoms with E-state index >= 15 is 0 Å². The summed E-state index contributed by atoms with van der Waals surface area (Å²) in [5.41, 5.74) is 0.0744. The van der Waals surface area contributed by atoms with Crippen molar-refractivity contribution in [1.82, 2.24) is 5.32 Å². The monoisotopic (exact) mass is 155 g/mol. The van der Waals surface area contributed by atoms with E-state index in [1.165, 1.54) is 0 Å². The average Bonchev–Trinajstić information content (AvgIpc) is 2.07. The number of carbonyl (C=O) groups excluding carboxylic acids is 1. The van der Waals surface area contributed by atoms with Crippen molar-refractivity contribution in [1.29, 1.82) is 0 Å². The van der Waals surface area contributed by atoms with E-state index in [0.29, 0.717) is 13.0 Å². The third kappa shape index (κ3) is 0.745. The largest absolute Gasteiger partial charge is 0.378 e. The third-order valence-electron chi connectivity index (χ3n) is 2.95. The molecule has 1 atom stereocenters. The topological polar surface area (TPSA) is 38.3 Å². The Bertz CT molecular complexity index is 202. The molecule has 1 N–H and O–H groups in total. The molecule has 1 spiro atoms. The Morgan fingerprint density at radius 2 is 2.09 bits per heavy atom. The van der Waals surface area contributed by atoms with E-state index in [2.05, 4.69) is 19.2 Å². The fraction of sp³-hybridized carbons (Fsp3) is 0.875. The molecule has 0 aromatic heterocycles. The van der Waals surface area contributed by atoms with E-state index < -0.39 is 0 Å². The minimum Gasteiger partial charge on any atom is -0.378 e. The van der Waals surface area contributed by atoms with Crippen LogP contribution in [-0.4, -0.2) is 24.7 Å². The van der Waals surface area contributed by atoms with Gasteiger partial charge in [-0.1, -0.05) is 13.8 Å². The van der Waals surface area contributed by atoms with Crippen LogP contribution in [0.25, 0.3) is 0 Å². The quantitative estimate of drug-likeness (QED) is 0.511. The first-order valence-corrected chi connectivity index (χ1v) is 3.95. The number of hydrogen-bond acceptors (Lipinski definition) is 2. The Morgan fingerprint density at radius 3 is 2.45 bits per heavy atom. The molecule has 0 bridgehead atoms. The normalized spacial score (nSPS) is 40.4. The van der Waals surface area contributed by atoms with Gasteiger partial charge in [0.05, 0.1) is 25.2 Å². The molecule has 0 radical (unpaired) electrons. The molecule has 62 valence electrons. The van der Waals surface area contributed by atoms with Crippen molar-refractivity contribution in [3.8, 4) is 0 Å². The molecule has 0 aromatic rings. The maximum absolute atomic E-state index is 10.8. The fourth-order valence-electron chi connectivity index (χ4n) is 1.83. The minimum absolute atomic E-state index is 0.0376. The molecular formula is C8H13NO2. The summed E-state index contributed by atoms with van der Waals surface area (Å²) in [5.74, 6) is 0.156. The Kier molecular flexibility index (Phi) is 1.15. The van der Waals surface area contributed by atoms with Gasteiger partial charge in [-0.3, -0.25) is 4.79 Å². The zero-order valence-electron chi connectivity index (χ0n) is 6.94. The van der Waals surface area contributed by atoms with Crippen LogP contribution in [0.4, 0.5) is 0 Å². The molecule has 0 saturated carbocycles. The average molecular weight is 155 g/mol. The van der Waals surface area contributed by atoms with Gasteiger partial charge in [0.25, 0.3) is 0 Å². The second-order valence-electron chi connectivity index (χ2n) is 4.18. The van der Waals surface area contributed by atoms with Gasteiger partial charge in [-0.25, -0.2) is 0 Å². The zero-order chi connectivity index (χ0) is 8.11. The zero-order valence-corrected chi connectivity index (χ0v) is 6.94. The van der Waals surface area contributed by atoms with E-state index in [1.807, 2.05) is 0 Å². The number of rotatable bonds is 0. The Balaban J connectivity index is 2.20. The molecule has 2 aliphatic heterocycles. The summed E-state index contributed by atoms with van der Waals surface area (Å²) in [7, 11) is 0. The lowest BCUT2D eigenvalue weighted by Gasteiger charge is -2.46. The molecule has 0 aliphatic carbocycles. The van der Waals surface area contributed by atoms with Gasteiger partial charge in [0, 0.05) is 5.41 Å². The summed E-state index contributed by atoms with van der Waals surface area (Å²) in [5, 5.41) is 2.94. The van der Waals surface area contributed by atoms with Crippen molar-refractivity contribution in [3.05, 3.63) is 0 Å². The number of carbonyl (C=O) groups is 1. The Morgan fingerprint density at radius 1 is 1.45 bits per heavy atom. The first-order valence-electron chi connectivity index (χ1n) is 3.95. The standard InChI is InChI=1S/C8H13NO2/c1-7(2)4-11-5-8(7)3-6(10)9-8/h3-5H2,1-2H3,(H,9,10). The molecule has 3 heteroatoms. The lowest BCUT2D eigenvalue weighted by Crippen LogP contribution is -2.68. The van der Waals surface area contributed by atoms with Gasteiger partial charge in [-0.15, -0.1) is 0 Å². The molecule has 2 heterocycles. The molecule has 0 aromatic carbocycles. The highest BCUT2D eigenvalue weighted by molar-refractivity contribution is 5.85. The Hall–Kier alpha value is -0.570. The van der Waals surface area contributed by atoms with Crippen LogP contribution in [0.5, 0.6) is 0 Å². The van der Waals surface area contributed by atoms with Crippen molar-refractivity contribution >= 4 is 5.91 Å².